The zero-order chi connectivity index (χ0) is 37.0. The van der Waals surface area contributed by atoms with Crippen LogP contribution in [0.4, 0.5) is 0 Å². The Morgan fingerprint density at radius 1 is 0.898 bits per heavy atom. The quantitative estimate of drug-likeness (QED) is 0.233. The highest BCUT2D eigenvalue weighted by molar-refractivity contribution is 7.91. The van der Waals surface area contributed by atoms with E-state index in [0.29, 0.717) is 19.3 Å². The number of nitrogens with one attached hydrogen (secondary N) is 4. The van der Waals surface area contributed by atoms with Crippen LogP contribution in [-0.4, -0.2) is 87.1 Å². The minimum Gasteiger partial charge on any atom is -0.342 e. The molecule has 0 unspecified atom stereocenters. The van der Waals surface area contributed by atoms with Crippen LogP contribution in [0, 0.1) is 33.0 Å². The lowest BCUT2D eigenvalue weighted by Crippen LogP contribution is -2.62. The maximum absolute atomic E-state index is 14.8. The summed E-state index contributed by atoms with van der Waals surface area (Å²) in [4.78, 5) is 58.0. The predicted octanol–water partition coefficient (Wildman–Crippen LogP) is 1.95. The molecule has 5 rings (SSSR count). The predicted molar refractivity (Wildman–Crippen MR) is 184 cm³/mol. The highest BCUT2D eigenvalue weighted by Gasteiger charge is 2.85. The Kier molecular flexibility index (Phi) is 8.85. The highest BCUT2D eigenvalue weighted by atomic mass is 32.2. The van der Waals surface area contributed by atoms with Crippen molar-refractivity contribution in [2.24, 2.45) is 33.0 Å². The molecule has 5 aliphatic rings. The van der Waals surface area contributed by atoms with Crippen LogP contribution in [0.1, 0.15) is 100 Å². The van der Waals surface area contributed by atoms with Gasteiger partial charge in [0.1, 0.15) is 23.7 Å². The Morgan fingerprint density at radius 2 is 1.47 bits per heavy atom. The molecule has 1 saturated heterocycles. The summed E-state index contributed by atoms with van der Waals surface area (Å²) in [6.45, 7) is 19.0. The minimum absolute atomic E-state index is 0.0403. The molecule has 0 aromatic carbocycles. The van der Waals surface area contributed by atoms with Crippen LogP contribution in [0.5, 0.6) is 0 Å². The van der Waals surface area contributed by atoms with Crippen LogP contribution in [0.15, 0.2) is 12.7 Å². The van der Waals surface area contributed by atoms with Crippen LogP contribution in [0.3, 0.4) is 0 Å². The first-order valence-electron chi connectivity index (χ1n) is 17.3. The molecule has 2 spiro atoms. The van der Waals surface area contributed by atoms with E-state index in [-0.39, 0.29) is 29.2 Å². The topological polar surface area (TPSA) is 188 Å². The maximum Gasteiger partial charge on any atom is 0.259 e. The number of rotatable bonds is 11. The molecule has 1 aliphatic heterocycles. The fraction of sp³-hybridized carbons (Fsp3) is 0.824. The van der Waals surface area contributed by atoms with Gasteiger partial charge in [-0.25, -0.2) is 21.6 Å². The Bertz CT molecular complexity index is 1670. The average Bonchev–Trinajstić information content (AvgIpc) is 3.85. The molecule has 1 heterocycles. The molecule has 6 atom stereocenters. The van der Waals surface area contributed by atoms with Crippen LogP contribution >= 0.6 is 0 Å². The lowest BCUT2D eigenvalue weighted by atomic mass is 9.73. The Hall–Kier alpha value is -2.52. The van der Waals surface area contributed by atoms with Crippen LogP contribution in [-0.2, 0) is 39.2 Å². The second kappa shape index (κ2) is 11.5. The van der Waals surface area contributed by atoms with Crippen LogP contribution < -0.4 is 20.1 Å². The molecule has 0 bridgehead atoms. The summed E-state index contributed by atoms with van der Waals surface area (Å²) in [5.74, 6) is -3.00. The first kappa shape index (κ1) is 37.7. The fourth-order valence-electron chi connectivity index (χ4n) is 8.96. The lowest BCUT2D eigenvalue weighted by Gasteiger charge is -2.38. The number of carbonyl (C=O) groups is 4. The van der Waals surface area contributed by atoms with E-state index in [2.05, 4.69) is 40.5 Å². The van der Waals surface area contributed by atoms with E-state index in [9.17, 15) is 36.0 Å². The number of fused-ring (bicyclic) bond motifs is 1. The molecule has 276 valence electrons. The number of amides is 4. The molecular weight excluding hydrogens is 671 g/mol. The number of hydrogen-bond acceptors (Lipinski definition) is 8. The first-order chi connectivity index (χ1) is 22.2. The Balaban J connectivity index is 1.46. The zero-order valence-corrected chi connectivity index (χ0v) is 32.0. The number of likely N-dealkylation sites (tertiary alicyclic amines) is 1. The van der Waals surface area contributed by atoms with E-state index in [4.69, 9.17) is 0 Å². The monoisotopic (exact) mass is 725 g/mol. The van der Waals surface area contributed by atoms with Crippen molar-refractivity contribution in [3.63, 3.8) is 0 Å². The summed E-state index contributed by atoms with van der Waals surface area (Å²) in [7, 11) is -7.66. The van der Waals surface area contributed by atoms with Gasteiger partial charge in [0.25, 0.3) is 5.91 Å². The standard InChI is InChI=1S/C34H55N5O8S2/c1-11-20-17-34(20,28(43)38-49(46,47)21-13-14-21)36-25(40)22-18-33(31(8,9)32(33)15-12-16-32)19-39(22)27(42)24(30(5,6)7)35-26(41)23(29(2,3)4)37-48(10,44)45/h11,20-24,37H,1,12-19H2,2-10H3,(H,35,41)(H,36,40)(H,38,43)/t20-,22+,23-,24-,33-,34-/m1/s1. The van der Waals surface area contributed by atoms with E-state index >= 15 is 0 Å². The molecule has 0 aromatic heterocycles. The highest BCUT2D eigenvalue weighted by Crippen LogP contribution is 2.88. The smallest absolute Gasteiger partial charge is 0.259 e. The number of hydrogen-bond donors (Lipinski definition) is 4. The van der Waals surface area contributed by atoms with Crippen molar-refractivity contribution in [2.75, 3.05) is 12.8 Å². The summed E-state index contributed by atoms with van der Waals surface area (Å²) in [5.41, 5.74) is -3.75. The molecule has 0 radical (unpaired) electrons. The van der Waals surface area contributed by atoms with Gasteiger partial charge in [-0.2, -0.15) is 0 Å². The molecule has 13 nitrogen and oxygen atoms in total. The maximum atomic E-state index is 14.8. The van der Waals surface area contributed by atoms with Gasteiger partial charge in [-0.05, 0) is 60.2 Å². The summed E-state index contributed by atoms with van der Waals surface area (Å²) >= 11 is 0. The minimum atomic E-state index is -3.88. The average molecular weight is 726 g/mol. The summed E-state index contributed by atoms with van der Waals surface area (Å²) in [6, 6.07) is -3.30. The molecule has 49 heavy (non-hydrogen) atoms. The zero-order valence-electron chi connectivity index (χ0n) is 30.4. The van der Waals surface area contributed by atoms with E-state index < -0.39 is 89.3 Å². The van der Waals surface area contributed by atoms with Crippen molar-refractivity contribution in [3.8, 4) is 0 Å². The van der Waals surface area contributed by atoms with Crippen molar-refractivity contribution >= 4 is 43.7 Å². The number of carbonyl (C=O) groups excluding carboxylic acids is 4. The SMILES string of the molecule is C=C[C@@H]1C[C@]1(NC(=O)[C@@H]1C[C@@]2(CN1C(=O)[C@@H](NC(=O)[C@@H](NS(C)(=O)=O)C(C)(C)C)C(C)(C)C)C(C)(C)C21CCC1)C(=O)NS(=O)(=O)C1CC1. The van der Waals surface area contributed by atoms with Gasteiger partial charge in [-0.1, -0.05) is 67.9 Å². The fourth-order valence-corrected chi connectivity index (χ4v) is 11.2. The van der Waals surface area contributed by atoms with Crippen molar-refractivity contribution in [1.29, 1.82) is 0 Å². The van der Waals surface area contributed by atoms with Gasteiger partial charge in [0, 0.05) is 17.9 Å². The van der Waals surface area contributed by atoms with Crippen molar-refractivity contribution in [1.82, 2.24) is 25.0 Å². The van der Waals surface area contributed by atoms with Gasteiger partial charge in [0.15, 0.2) is 0 Å². The Morgan fingerprint density at radius 3 is 1.88 bits per heavy atom. The van der Waals surface area contributed by atoms with E-state index in [0.717, 1.165) is 25.5 Å². The van der Waals surface area contributed by atoms with Gasteiger partial charge < -0.3 is 15.5 Å². The molecule has 4 aliphatic carbocycles. The lowest BCUT2D eigenvalue weighted by molar-refractivity contribution is -0.145. The molecule has 4 saturated carbocycles. The molecule has 4 N–H and O–H groups in total. The first-order valence-corrected chi connectivity index (χ1v) is 20.7. The van der Waals surface area contributed by atoms with E-state index in [1.807, 2.05) is 0 Å². The van der Waals surface area contributed by atoms with Crippen molar-refractivity contribution in [2.45, 2.75) is 129 Å². The largest absolute Gasteiger partial charge is 0.342 e. The van der Waals surface area contributed by atoms with Gasteiger partial charge in [-0.3, -0.25) is 23.9 Å². The molecule has 15 heteroatoms. The Labute approximate surface area is 291 Å². The second-order valence-corrected chi connectivity index (χ2v) is 21.7. The van der Waals surface area contributed by atoms with Crippen LogP contribution in [0.2, 0.25) is 0 Å². The van der Waals surface area contributed by atoms with Crippen LogP contribution in [0.25, 0.3) is 0 Å². The van der Waals surface area contributed by atoms with Gasteiger partial charge in [-0.15, -0.1) is 6.58 Å². The third-order valence-corrected chi connectivity index (χ3v) is 15.0. The normalized spacial score (nSPS) is 31.3. The summed E-state index contributed by atoms with van der Waals surface area (Å²) in [5, 5.41) is 5.09. The van der Waals surface area contributed by atoms with Crippen molar-refractivity contribution in [3.05, 3.63) is 12.7 Å². The van der Waals surface area contributed by atoms with E-state index in [1.165, 1.54) is 11.0 Å². The molecule has 0 aromatic rings. The van der Waals surface area contributed by atoms with Gasteiger partial charge in [0.05, 0.1) is 11.5 Å². The number of nitrogens with zero attached hydrogens (tertiary/aromatic N) is 1. The number of sulfonamides is 2. The van der Waals surface area contributed by atoms with Gasteiger partial charge >= 0.3 is 0 Å². The third-order valence-electron chi connectivity index (χ3n) is 12.5. The molecule has 4 amide bonds. The van der Waals surface area contributed by atoms with Gasteiger partial charge in [0.2, 0.25) is 37.8 Å². The summed E-state index contributed by atoms with van der Waals surface area (Å²) in [6.07, 6.45) is 6.98. The molecular formula is C34H55N5O8S2. The van der Waals surface area contributed by atoms with Crippen molar-refractivity contribution < 1.29 is 36.0 Å². The third kappa shape index (κ3) is 6.23. The summed E-state index contributed by atoms with van der Waals surface area (Å²) < 4.78 is 54.4. The second-order valence-electron chi connectivity index (χ2n) is 18.0. The van der Waals surface area contributed by atoms with E-state index in [1.54, 1.807) is 41.5 Å². The molecule has 5 fully saturated rings.